The summed E-state index contributed by atoms with van der Waals surface area (Å²) < 4.78 is 0.963. The van der Waals surface area contributed by atoms with Crippen molar-refractivity contribution in [1.82, 2.24) is 0 Å². The predicted octanol–water partition coefficient (Wildman–Crippen LogP) is 0.650. The summed E-state index contributed by atoms with van der Waals surface area (Å²) in [6.07, 6.45) is 2.01. The molecule has 0 radical (unpaired) electrons. The third kappa shape index (κ3) is 4.18. The molecule has 1 aromatic rings. The Kier molecular flexibility index (Phi) is 6.51. The second-order valence-corrected chi connectivity index (χ2v) is 5.35. The average molecular weight is 254 g/mol. The van der Waals surface area contributed by atoms with E-state index in [2.05, 4.69) is 64.9 Å². The van der Waals surface area contributed by atoms with Crippen LogP contribution in [-0.4, -0.2) is 25.1 Å². The lowest BCUT2D eigenvalue weighted by molar-refractivity contribution is -0.919. The monoisotopic (exact) mass is 253 g/mol. The van der Waals surface area contributed by atoms with Gasteiger partial charge in [-0.2, -0.15) is 0 Å². The second-order valence-electron chi connectivity index (χ2n) is 5.35. The minimum Gasteiger partial charge on any atom is -1.00 e. The molecule has 1 unspecified atom stereocenters. The Bertz CT molecular complexity index is 330. The van der Waals surface area contributed by atoms with Crippen molar-refractivity contribution in [2.45, 2.75) is 19.9 Å². The van der Waals surface area contributed by atoms with Crippen molar-refractivity contribution in [3.8, 4) is 0 Å². The first-order valence-electron chi connectivity index (χ1n) is 5.97. The summed E-state index contributed by atoms with van der Waals surface area (Å²) >= 11 is 0. The summed E-state index contributed by atoms with van der Waals surface area (Å²) in [5, 5.41) is 0. The SMILES string of the molecule is C=CC[N+](C)(C)C(c1ccccc1)C(C)C.[Cl-]. The van der Waals surface area contributed by atoms with E-state index in [1.54, 1.807) is 0 Å². The van der Waals surface area contributed by atoms with E-state index in [1.165, 1.54) is 5.56 Å². The average Bonchev–Trinajstić information content (AvgIpc) is 2.17. The van der Waals surface area contributed by atoms with Crippen LogP contribution in [0.3, 0.4) is 0 Å². The Balaban J connectivity index is 0.00000256. The molecule has 0 aliphatic rings. The van der Waals surface area contributed by atoms with E-state index in [0.717, 1.165) is 11.0 Å². The Morgan fingerprint density at radius 2 is 1.71 bits per heavy atom. The molecule has 0 N–H and O–H groups in total. The number of likely N-dealkylation sites (N-methyl/N-ethyl adjacent to an activating group) is 1. The van der Waals surface area contributed by atoms with E-state index in [0.29, 0.717) is 12.0 Å². The van der Waals surface area contributed by atoms with Crippen LogP contribution in [0.4, 0.5) is 0 Å². The first kappa shape index (κ1) is 16.2. The highest BCUT2D eigenvalue weighted by atomic mass is 35.5. The van der Waals surface area contributed by atoms with Gasteiger partial charge in [-0.25, -0.2) is 0 Å². The lowest BCUT2D eigenvalue weighted by atomic mass is 9.93. The zero-order chi connectivity index (χ0) is 12.2. The molecule has 1 aromatic carbocycles. The highest BCUT2D eigenvalue weighted by Gasteiger charge is 2.31. The maximum absolute atomic E-state index is 3.87. The molecular weight excluding hydrogens is 230 g/mol. The summed E-state index contributed by atoms with van der Waals surface area (Å²) in [4.78, 5) is 0. The number of rotatable bonds is 5. The number of hydrogen-bond acceptors (Lipinski definition) is 0. The molecule has 0 aromatic heterocycles. The molecule has 0 amide bonds. The Morgan fingerprint density at radius 1 is 1.18 bits per heavy atom. The fraction of sp³-hybridized carbons (Fsp3) is 0.467. The molecule has 2 heteroatoms. The molecule has 0 aliphatic carbocycles. The van der Waals surface area contributed by atoms with Crippen LogP contribution < -0.4 is 12.4 Å². The van der Waals surface area contributed by atoms with Crippen LogP contribution in [0.5, 0.6) is 0 Å². The fourth-order valence-electron chi connectivity index (χ4n) is 2.69. The Morgan fingerprint density at radius 3 is 2.12 bits per heavy atom. The van der Waals surface area contributed by atoms with Gasteiger partial charge in [-0.3, -0.25) is 0 Å². The van der Waals surface area contributed by atoms with Gasteiger partial charge >= 0.3 is 0 Å². The number of hydrogen-bond donors (Lipinski definition) is 0. The van der Waals surface area contributed by atoms with Gasteiger partial charge in [0.05, 0.1) is 20.6 Å². The van der Waals surface area contributed by atoms with Crippen molar-refractivity contribution in [2.75, 3.05) is 20.6 Å². The van der Waals surface area contributed by atoms with E-state index >= 15 is 0 Å². The van der Waals surface area contributed by atoms with Crippen molar-refractivity contribution in [2.24, 2.45) is 5.92 Å². The van der Waals surface area contributed by atoms with Gasteiger partial charge < -0.3 is 16.9 Å². The normalized spacial score (nSPS) is 13.0. The van der Waals surface area contributed by atoms with E-state index in [4.69, 9.17) is 0 Å². The fourth-order valence-corrected chi connectivity index (χ4v) is 2.69. The van der Waals surface area contributed by atoms with E-state index in [1.807, 2.05) is 6.08 Å². The van der Waals surface area contributed by atoms with Crippen LogP contribution >= 0.6 is 0 Å². The van der Waals surface area contributed by atoms with Crippen LogP contribution in [0.1, 0.15) is 25.5 Å². The van der Waals surface area contributed by atoms with Crippen LogP contribution in [0.15, 0.2) is 43.0 Å². The van der Waals surface area contributed by atoms with Crippen molar-refractivity contribution in [3.05, 3.63) is 48.6 Å². The minimum atomic E-state index is 0. The zero-order valence-corrected chi connectivity index (χ0v) is 12.1. The molecule has 0 saturated heterocycles. The van der Waals surface area contributed by atoms with Gasteiger partial charge in [0.1, 0.15) is 6.04 Å². The molecule has 0 spiro atoms. The van der Waals surface area contributed by atoms with Gasteiger partial charge in [-0.05, 0) is 6.08 Å². The van der Waals surface area contributed by atoms with Gasteiger partial charge in [0, 0.05) is 11.5 Å². The number of benzene rings is 1. The molecule has 96 valence electrons. The van der Waals surface area contributed by atoms with Gasteiger partial charge in [0.2, 0.25) is 0 Å². The highest BCUT2D eigenvalue weighted by Crippen LogP contribution is 2.31. The Hall–Kier alpha value is -0.790. The van der Waals surface area contributed by atoms with Crippen LogP contribution in [0.2, 0.25) is 0 Å². The lowest BCUT2D eigenvalue weighted by Crippen LogP contribution is -3.00. The second kappa shape index (κ2) is 6.83. The standard InChI is InChI=1S/C15H24N.ClH/c1-6-12-16(4,5)15(13(2)3)14-10-8-7-9-11-14;/h6-11,13,15H,1,12H2,2-5H3;1H/q+1;/p-1. The zero-order valence-electron chi connectivity index (χ0n) is 11.4. The van der Waals surface area contributed by atoms with Gasteiger partial charge in [0.15, 0.2) is 0 Å². The van der Waals surface area contributed by atoms with Crippen LogP contribution in [0.25, 0.3) is 0 Å². The highest BCUT2D eigenvalue weighted by molar-refractivity contribution is 5.18. The van der Waals surface area contributed by atoms with Crippen molar-refractivity contribution in [1.29, 1.82) is 0 Å². The molecule has 1 nitrogen and oxygen atoms in total. The van der Waals surface area contributed by atoms with Gasteiger partial charge in [-0.1, -0.05) is 50.8 Å². The molecule has 17 heavy (non-hydrogen) atoms. The molecule has 1 rings (SSSR count). The molecule has 0 heterocycles. The van der Waals surface area contributed by atoms with Crippen molar-refractivity contribution in [3.63, 3.8) is 0 Å². The number of nitrogens with zero attached hydrogens (tertiary/aromatic N) is 1. The van der Waals surface area contributed by atoms with Crippen LogP contribution in [-0.2, 0) is 0 Å². The molecule has 0 aliphatic heterocycles. The molecule has 1 atom stereocenters. The summed E-state index contributed by atoms with van der Waals surface area (Å²) in [7, 11) is 4.55. The summed E-state index contributed by atoms with van der Waals surface area (Å²) in [6, 6.07) is 11.3. The largest absolute Gasteiger partial charge is 1.00 e. The molecule has 0 bridgehead atoms. The quantitative estimate of drug-likeness (QED) is 0.534. The Labute approximate surface area is 112 Å². The number of quaternary nitrogens is 1. The number of halogens is 1. The van der Waals surface area contributed by atoms with Crippen LogP contribution in [0, 0.1) is 5.92 Å². The minimum absolute atomic E-state index is 0. The lowest BCUT2D eigenvalue weighted by Gasteiger charge is -2.40. The topological polar surface area (TPSA) is 0 Å². The molecule has 0 saturated carbocycles. The maximum Gasteiger partial charge on any atom is 0.117 e. The summed E-state index contributed by atoms with van der Waals surface area (Å²) in [6.45, 7) is 9.45. The van der Waals surface area contributed by atoms with Gasteiger partial charge in [0.25, 0.3) is 0 Å². The van der Waals surface area contributed by atoms with E-state index in [-0.39, 0.29) is 12.4 Å². The summed E-state index contributed by atoms with van der Waals surface area (Å²) in [5.74, 6) is 0.623. The van der Waals surface area contributed by atoms with Crippen molar-refractivity contribution < 1.29 is 16.9 Å². The third-order valence-electron chi connectivity index (χ3n) is 3.13. The van der Waals surface area contributed by atoms with E-state index in [9.17, 15) is 0 Å². The maximum atomic E-state index is 3.87. The third-order valence-corrected chi connectivity index (χ3v) is 3.13. The summed E-state index contributed by atoms with van der Waals surface area (Å²) in [5.41, 5.74) is 1.42. The van der Waals surface area contributed by atoms with Crippen molar-refractivity contribution >= 4 is 0 Å². The smallest absolute Gasteiger partial charge is 0.117 e. The van der Waals surface area contributed by atoms with Gasteiger partial charge in [-0.15, -0.1) is 0 Å². The molecule has 0 fully saturated rings. The van der Waals surface area contributed by atoms with E-state index < -0.39 is 0 Å². The predicted molar refractivity (Wildman–Crippen MR) is 71.2 cm³/mol. The molecular formula is C15H24ClN. The first-order chi connectivity index (χ1) is 7.49. The first-order valence-corrected chi connectivity index (χ1v) is 5.97.